The molecule has 28 heavy (non-hydrogen) atoms. The van der Waals surface area contributed by atoms with Gasteiger partial charge in [-0.15, -0.1) is 0 Å². The van der Waals surface area contributed by atoms with Crippen molar-refractivity contribution in [3.05, 3.63) is 64.8 Å². The Morgan fingerprint density at radius 3 is 2.75 bits per heavy atom. The number of rotatable bonds is 6. The molecule has 0 fully saturated rings. The molecule has 4 rings (SSSR count). The molecule has 1 unspecified atom stereocenters. The van der Waals surface area contributed by atoms with Gasteiger partial charge in [0, 0.05) is 35.5 Å². The number of aromatic nitrogens is 1. The van der Waals surface area contributed by atoms with Gasteiger partial charge in [-0.3, -0.25) is 4.79 Å². The van der Waals surface area contributed by atoms with E-state index in [4.69, 9.17) is 4.74 Å². The highest BCUT2D eigenvalue weighted by atomic mass is 16.5. The average molecular weight is 377 g/mol. The van der Waals surface area contributed by atoms with Gasteiger partial charge >= 0.3 is 0 Å². The molecule has 2 N–H and O–H groups in total. The van der Waals surface area contributed by atoms with Crippen molar-refractivity contribution in [2.75, 3.05) is 6.61 Å². The molecule has 0 radical (unpaired) electrons. The zero-order chi connectivity index (χ0) is 19.5. The number of carbonyl (C=O) groups is 1. The highest BCUT2D eigenvalue weighted by Crippen LogP contribution is 2.29. The number of carbonyl (C=O) groups excluding carboxylic acids is 1. The van der Waals surface area contributed by atoms with E-state index < -0.39 is 0 Å². The first-order chi connectivity index (χ1) is 13.6. The van der Waals surface area contributed by atoms with Gasteiger partial charge in [-0.05, 0) is 62.9 Å². The van der Waals surface area contributed by atoms with Crippen LogP contribution in [0, 0.1) is 13.8 Å². The van der Waals surface area contributed by atoms with E-state index in [0.29, 0.717) is 13.0 Å². The average Bonchev–Trinajstić information content (AvgIpc) is 3.03. The molecule has 1 aromatic heterocycles. The molecular formula is C24H28N2O2. The van der Waals surface area contributed by atoms with E-state index in [1.807, 2.05) is 24.3 Å². The third-order valence-electron chi connectivity index (χ3n) is 5.55. The van der Waals surface area contributed by atoms with E-state index in [-0.39, 0.29) is 11.9 Å². The molecule has 4 heteroatoms. The minimum atomic E-state index is 0.118. The fourth-order valence-corrected chi connectivity index (χ4v) is 4.02. The van der Waals surface area contributed by atoms with Gasteiger partial charge in [-0.25, -0.2) is 0 Å². The van der Waals surface area contributed by atoms with E-state index in [0.717, 1.165) is 31.4 Å². The van der Waals surface area contributed by atoms with E-state index in [1.165, 1.54) is 33.3 Å². The lowest BCUT2D eigenvalue weighted by Gasteiger charge is -2.23. The first kappa shape index (κ1) is 18.6. The lowest BCUT2D eigenvalue weighted by molar-refractivity contribution is -0.122. The van der Waals surface area contributed by atoms with Crippen molar-refractivity contribution in [1.29, 1.82) is 0 Å². The summed E-state index contributed by atoms with van der Waals surface area (Å²) in [6.07, 6.45) is 4.12. The molecule has 3 aromatic rings. The fraction of sp³-hybridized carbons (Fsp3) is 0.375. The first-order valence-electron chi connectivity index (χ1n) is 10.2. The van der Waals surface area contributed by atoms with Crippen LogP contribution in [-0.4, -0.2) is 23.5 Å². The monoisotopic (exact) mass is 376 g/mol. The Kier molecular flexibility index (Phi) is 5.38. The Morgan fingerprint density at radius 2 is 1.93 bits per heavy atom. The predicted molar refractivity (Wildman–Crippen MR) is 113 cm³/mol. The lowest BCUT2D eigenvalue weighted by atomic mass is 9.91. The van der Waals surface area contributed by atoms with E-state index in [9.17, 15) is 4.79 Å². The van der Waals surface area contributed by atoms with Crippen LogP contribution >= 0.6 is 0 Å². The third-order valence-corrected chi connectivity index (χ3v) is 5.55. The van der Waals surface area contributed by atoms with Crippen LogP contribution in [0.15, 0.2) is 42.5 Å². The van der Waals surface area contributed by atoms with Crippen LogP contribution in [0.1, 0.15) is 41.6 Å². The molecule has 1 aliphatic carbocycles. The summed E-state index contributed by atoms with van der Waals surface area (Å²) in [5.74, 6) is 0.979. The highest BCUT2D eigenvalue weighted by Gasteiger charge is 2.23. The minimum Gasteiger partial charge on any atom is -0.494 e. The number of H-pyrrole nitrogens is 1. The van der Waals surface area contributed by atoms with Crippen LogP contribution in [0.5, 0.6) is 5.75 Å². The van der Waals surface area contributed by atoms with Crippen LogP contribution in [0.2, 0.25) is 0 Å². The number of benzene rings is 2. The van der Waals surface area contributed by atoms with Crippen molar-refractivity contribution in [1.82, 2.24) is 10.3 Å². The van der Waals surface area contributed by atoms with Gasteiger partial charge in [0.2, 0.25) is 5.91 Å². The van der Waals surface area contributed by atoms with Gasteiger partial charge < -0.3 is 15.0 Å². The summed E-state index contributed by atoms with van der Waals surface area (Å²) in [6, 6.07) is 14.8. The molecule has 1 aliphatic rings. The van der Waals surface area contributed by atoms with E-state index >= 15 is 0 Å². The summed E-state index contributed by atoms with van der Waals surface area (Å²) in [5, 5.41) is 4.55. The number of aryl methyl sites for hydroxylation is 3. The number of hydrogen-bond donors (Lipinski definition) is 2. The highest BCUT2D eigenvalue weighted by molar-refractivity contribution is 5.85. The first-order valence-corrected chi connectivity index (χ1v) is 10.2. The normalized spacial score (nSPS) is 16.0. The Morgan fingerprint density at radius 1 is 1.14 bits per heavy atom. The number of nitrogens with one attached hydrogen (secondary N) is 2. The summed E-state index contributed by atoms with van der Waals surface area (Å²) < 4.78 is 5.71. The largest absolute Gasteiger partial charge is 0.494 e. The molecule has 0 bridgehead atoms. The van der Waals surface area contributed by atoms with Crippen molar-refractivity contribution < 1.29 is 9.53 Å². The summed E-state index contributed by atoms with van der Waals surface area (Å²) >= 11 is 0. The van der Waals surface area contributed by atoms with Crippen LogP contribution in [0.4, 0.5) is 0 Å². The molecule has 0 saturated carbocycles. The zero-order valence-electron chi connectivity index (χ0n) is 16.7. The smallest absolute Gasteiger partial charge is 0.220 e. The van der Waals surface area contributed by atoms with Gasteiger partial charge in [-0.2, -0.15) is 0 Å². The van der Waals surface area contributed by atoms with Crippen LogP contribution in [0.3, 0.4) is 0 Å². The Hall–Kier alpha value is -2.75. The van der Waals surface area contributed by atoms with Gasteiger partial charge in [0.1, 0.15) is 5.75 Å². The second-order valence-corrected chi connectivity index (χ2v) is 7.90. The van der Waals surface area contributed by atoms with Crippen LogP contribution < -0.4 is 10.1 Å². The fourth-order valence-electron chi connectivity index (χ4n) is 4.02. The molecule has 1 heterocycles. The Labute approximate surface area is 166 Å². The van der Waals surface area contributed by atoms with Crippen LogP contribution in [0.25, 0.3) is 10.9 Å². The van der Waals surface area contributed by atoms with Crippen LogP contribution in [-0.2, 0) is 17.6 Å². The molecule has 1 amide bonds. The summed E-state index contributed by atoms with van der Waals surface area (Å²) in [7, 11) is 0. The summed E-state index contributed by atoms with van der Waals surface area (Å²) in [5.41, 5.74) is 6.41. The predicted octanol–water partition coefficient (Wildman–Crippen LogP) is 4.62. The number of fused-ring (bicyclic) bond motifs is 3. The molecule has 2 aromatic carbocycles. The second-order valence-electron chi connectivity index (χ2n) is 7.90. The summed E-state index contributed by atoms with van der Waals surface area (Å²) in [4.78, 5) is 15.9. The maximum atomic E-state index is 12.3. The molecule has 0 aliphatic heterocycles. The standard InChI is InChI=1S/C24H28N2O2/c1-16-5-9-19(10-6-16)28-13-3-4-24(27)25-18-8-11-20-21-14-17(2)7-12-22(21)26-23(20)15-18/h5-7,9-10,12,14,18,26H,3-4,8,11,13,15H2,1-2H3,(H,25,27). The lowest BCUT2D eigenvalue weighted by Crippen LogP contribution is -2.38. The van der Waals surface area contributed by atoms with Gasteiger partial charge in [0.05, 0.1) is 6.61 Å². The SMILES string of the molecule is Cc1ccc(OCCCC(=O)NC2CCc3c([nH]c4ccc(C)cc34)C2)cc1. The minimum absolute atomic E-state index is 0.118. The van der Waals surface area contributed by atoms with Gasteiger partial charge in [0.15, 0.2) is 0 Å². The Balaban J connectivity index is 1.25. The van der Waals surface area contributed by atoms with E-state index in [2.05, 4.69) is 42.3 Å². The Bertz CT molecular complexity index is 972. The molecule has 0 spiro atoms. The number of amides is 1. The maximum Gasteiger partial charge on any atom is 0.220 e. The topological polar surface area (TPSA) is 54.1 Å². The summed E-state index contributed by atoms with van der Waals surface area (Å²) in [6.45, 7) is 4.75. The molecular weight excluding hydrogens is 348 g/mol. The number of hydrogen-bond acceptors (Lipinski definition) is 2. The van der Waals surface area contributed by atoms with Crippen molar-refractivity contribution in [2.45, 2.75) is 52.0 Å². The van der Waals surface area contributed by atoms with Gasteiger partial charge in [-0.1, -0.05) is 29.3 Å². The molecule has 1 atom stereocenters. The maximum absolute atomic E-state index is 12.3. The van der Waals surface area contributed by atoms with E-state index in [1.54, 1.807) is 0 Å². The second kappa shape index (κ2) is 8.09. The molecule has 0 saturated heterocycles. The van der Waals surface area contributed by atoms with Crippen molar-refractivity contribution in [3.63, 3.8) is 0 Å². The van der Waals surface area contributed by atoms with Crippen molar-refractivity contribution in [2.24, 2.45) is 0 Å². The quantitative estimate of drug-likeness (QED) is 0.617. The number of ether oxygens (including phenoxy) is 1. The number of aromatic amines is 1. The zero-order valence-corrected chi connectivity index (χ0v) is 16.7. The van der Waals surface area contributed by atoms with Crippen molar-refractivity contribution >= 4 is 16.8 Å². The third kappa shape index (κ3) is 4.22. The van der Waals surface area contributed by atoms with Gasteiger partial charge in [0.25, 0.3) is 0 Å². The van der Waals surface area contributed by atoms with Crippen molar-refractivity contribution in [3.8, 4) is 5.75 Å². The molecule has 146 valence electrons. The molecule has 4 nitrogen and oxygen atoms in total.